The van der Waals surface area contributed by atoms with E-state index in [9.17, 15) is 24.8 Å². The summed E-state index contributed by atoms with van der Waals surface area (Å²) in [5, 5.41) is 32.1. The molecule has 3 aromatic rings. The monoisotopic (exact) mass is 428 g/mol. The van der Waals surface area contributed by atoms with Crippen molar-refractivity contribution in [2.45, 2.75) is 13.0 Å². The average molecular weight is 428 g/mol. The number of aliphatic hydroxyl groups is 1. The highest BCUT2D eigenvalue weighted by Gasteiger charge is 2.46. The van der Waals surface area contributed by atoms with Crippen LogP contribution in [-0.2, 0) is 4.79 Å². The van der Waals surface area contributed by atoms with Gasteiger partial charge < -0.3 is 5.11 Å². The number of benzene rings is 1. The van der Waals surface area contributed by atoms with E-state index in [1.54, 1.807) is 30.5 Å². The number of nitro groups is 1. The first-order chi connectivity index (χ1) is 13.9. The summed E-state index contributed by atoms with van der Waals surface area (Å²) >= 11 is 2.28. The highest BCUT2D eigenvalue weighted by Crippen LogP contribution is 2.43. The van der Waals surface area contributed by atoms with Gasteiger partial charge in [0.15, 0.2) is 5.76 Å². The molecule has 29 heavy (non-hydrogen) atoms. The zero-order chi connectivity index (χ0) is 20.7. The second-order valence-corrected chi connectivity index (χ2v) is 8.21. The summed E-state index contributed by atoms with van der Waals surface area (Å²) in [7, 11) is 0. The van der Waals surface area contributed by atoms with E-state index in [0.717, 1.165) is 16.2 Å². The highest BCUT2D eigenvalue weighted by molar-refractivity contribution is 7.15. The third-order valence-corrected chi connectivity index (χ3v) is 6.02. The maximum Gasteiger partial charge on any atom is 0.296 e. The number of Topliss-reactive ketones (excluding diaryl/α,β-unsaturated/α-hetero) is 1. The number of carbonyl (C=O) groups is 2. The van der Waals surface area contributed by atoms with Gasteiger partial charge in [0.1, 0.15) is 5.01 Å². The van der Waals surface area contributed by atoms with Gasteiger partial charge in [0.25, 0.3) is 11.6 Å². The molecule has 0 aliphatic carbocycles. The maximum absolute atomic E-state index is 13.1. The molecule has 1 atom stereocenters. The maximum atomic E-state index is 13.1. The molecule has 0 bridgehead atoms. The van der Waals surface area contributed by atoms with Gasteiger partial charge in [0.2, 0.25) is 10.9 Å². The molecule has 0 radical (unpaired) electrons. The second kappa shape index (κ2) is 7.18. The van der Waals surface area contributed by atoms with Crippen molar-refractivity contribution < 1.29 is 19.6 Å². The number of hydrogen-bond acceptors (Lipinski definition) is 9. The minimum atomic E-state index is -1.07. The lowest BCUT2D eigenvalue weighted by atomic mass is 9.95. The Labute approximate surface area is 171 Å². The van der Waals surface area contributed by atoms with Gasteiger partial charge in [-0.05, 0) is 23.9 Å². The number of anilines is 1. The fourth-order valence-electron chi connectivity index (χ4n) is 3.08. The molecule has 1 aliphatic heterocycles. The Kier molecular flexibility index (Phi) is 4.68. The van der Waals surface area contributed by atoms with E-state index in [-0.39, 0.29) is 16.4 Å². The number of carbonyl (C=O) groups excluding carboxylic acids is 2. The Morgan fingerprint density at radius 2 is 2.07 bits per heavy atom. The first-order valence-corrected chi connectivity index (χ1v) is 9.97. The summed E-state index contributed by atoms with van der Waals surface area (Å²) in [6, 6.07) is 7.81. The topological polar surface area (TPSA) is 127 Å². The summed E-state index contributed by atoms with van der Waals surface area (Å²) in [4.78, 5) is 38.1. The molecule has 0 saturated carbocycles. The van der Waals surface area contributed by atoms with Crippen molar-refractivity contribution in [3.63, 3.8) is 0 Å². The number of aliphatic hydroxyl groups excluding tert-OH is 1. The minimum absolute atomic E-state index is 0.147. The Hall–Kier alpha value is -3.44. The molecule has 0 fully saturated rings. The lowest BCUT2D eigenvalue weighted by molar-refractivity contribution is -0.384. The number of hydrogen-bond donors (Lipinski definition) is 1. The molecule has 4 rings (SSSR count). The van der Waals surface area contributed by atoms with Crippen LogP contribution >= 0.6 is 22.7 Å². The van der Waals surface area contributed by atoms with E-state index < -0.39 is 28.4 Å². The number of aromatic nitrogens is 2. The van der Waals surface area contributed by atoms with Gasteiger partial charge in [0, 0.05) is 12.1 Å². The number of non-ortho nitro benzene ring substituents is 1. The third-order valence-electron chi connectivity index (χ3n) is 4.32. The van der Waals surface area contributed by atoms with Gasteiger partial charge in [-0.25, -0.2) is 0 Å². The fourth-order valence-corrected chi connectivity index (χ4v) is 4.47. The van der Waals surface area contributed by atoms with Crippen LogP contribution in [0.4, 0.5) is 10.8 Å². The first-order valence-electron chi connectivity index (χ1n) is 8.28. The molecule has 11 heteroatoms. The Morgan fingerprint density at radius 1 is 1.28 bits per heavy atom. The highest BCUT2D eigenvalue weighted by atomic mass is 32.1. The van der Waals surface area contributed by atoms with Gasteiger partial charge in [-0.15, -0.1) is 21.5 Å². The van der Waals surface area contributed by atoms with Crippen molar-refractivity contribution in [1.82, 2.24) is 10.2 Å². The van der Waals surface area contributed by atoms with E-state index in [1.165, 1.54) is 29.5 Å². The Balaban J connectivity index is 1.90. The van der Waals surface area contributed by atoms with Crippen LogP contribution in [0.2, 0.25) is 0 Å². The zero-order valence-corrected chi connectivity index (χ0v) is 16.4. The number of rotatable bonds is 5. The summed E-state index contributed by atoms with van der Waals surface area (Å²) in [6.07, 6.45) is 0. The van der Waals surface area contributed by atoms with Gasteiger partial charge >= 0.3 is 0 Å². The number of thiophene rings is 1. The molecule has 1 aliphatic rings. The van der Waals surface area contributed by atoms with Crippen molar-refractivity contribution in [2.24, 2.45) is 0 Å². The molecule has 2 aromatic heterocycles. The van der Waals surface area contributed by atoms with Crippen LogP contribution in [-0.4, -0.2) is 31.9 Å². The summed E-state index contributed by atoms with van der Waals surface area (Å²) in [5.41, 5.74) is -0.0344. The summed E-state index contributed by atoms with van der Waals surface area (Å²) < 4.78 is 0. The van der Waals surface area contributed by atoms with Gasteiger partial charge in [0.05, 0.1) is 21.4 Å². The number of nitrogens with zero attached hydrogens (tertiary/aromatic N) is 4. The smallest absolute Gasteiger partial charge is 0.296 e. The molecular formula is C18H12N4O5S2. The van der Waals surface area contributed by atoms with Crippen LogP contribution in [0.1, 0.15) is 26.3 Å². The minimum Gasteiger partial charge on any atom is -0.503 e. The molecule has 3 heterocycles. The lowest BCUT2D eigenvalue weighted by Crippen LogP contribution is -2.31. The largest absolute Gasteiger partial charge is 0.503 e. The quantitative estimate of drug-likeness (QED) is 0.374. The molecular weight excluding hydrogens is 416 g/mol. The number of aryl methyl sites for hydroxylation is 1. The predicted molar refractivity (Wildman–Crippen MR) is 106 cm³/mol. The average Bonchev–Trinajstić information content (AvgIpc) is 3.43. The predicted octanol–water partition coefficient (Wildman–Crippen LogP) is 3.60. The van der Waals surface area contributed by atoms with Crippen molar-refractivity contribution in [3.05, 3.63) is 78.7 Å². The Morgan fingerprint density at radius 3 is 2.69 bits per heavy atom. The zero-order valence-electron chi connectivity index (χ0n) is 14.8. The lowest BCUT2D eigenvalue weighted by Gasteiger charge is -2.23. The first kappa shape index (κ1) is 18.9. The SMILES string of the molecule is Cc1nnc(N2C(=O)C(O)=C(C(=O)c3cccs3)[C@@H]2c2cccc([N+](=O)[O-])c2)s1. The molecule has 0 spiro atoms. The van der Waals surface area contributed by atoms with Gasteiger partial charge in [-0.1, -0.05) is 29.5 Å². The number of nitro benzene ring substituents is 1. The van der Waals surface area contributed by atoms with Crippen LogP contribution in [0.15, 0.2) is 53.1 Å². The summed E-state index contributed by atoms with van der Waals surface area (Å²) in [5.74, 6) is -2.03. The van der Waals surface area contributed by atoms with Crippen LogP contribution < -0.4 is 4.90 Å². The van der Waals surface area contributed by atoms with Crippen LogP contribution in [0.25, 0.3) is 0 Å². The number of amides is 1. The molecule has 146 valence electrons. The van der Waals surface area contributed by atoms with E-state index in [1.807, 2.05) is 0 Å². The third kappa shape index (κ3) is 3.19. The van der Waals surface area contributed by atoms with Crippen molar-refractivity contribution >= 4 is 45.2 Å². The number of ketones is 1. The standard InChI is InChI=1S/C18H12N4O5S2/c1-9-19-20-18(29-9)21-14(10-4-2-5-11(8-10)22(26)27)13(16(24)17(21)25)15(23)12-6-3-7-28-12/h2-8,14,24H,1H3/t14-/m0/s1. The van der Waals surface area contributed by atoms with Gasteiger partial charge in [-0.2, -0.15) is 0 Å². The summed E-state index contributed by atoms with van der Waals surface area (Å²) in [6.45, 7) is 1.70. The van der Waals surface area contributed by atoms with E-state index in [4.69, 9.17) is 0 Å². The molecule has 1 N–H and O–H groups in total. The molecule has 0 saturated heterocycles. The Bertz CT molecular complexity index is 1170. The van der Waals surface area contributed by atoms with Crippen molar-refractivity contribution in [3.8, 4) is 0 Å². The van der Waals surface area contributed by atoms with Crippen LogP contribution in [0.3, 0.4) is 0 Å². The van der Waals surface area contributed by atoms with Crippen LogP contribution in [0.5, 0.6) is 0 Å². The van der Waals surface area contributed by atoms with Crippen LogP contribution in [0, 0.1) is 17.0 Å². The molecule has 9 nitrogen and oxygen atoms in total. The van der Waals surface area contributed by atoms with Gasteiger partial charge in [-0.3, -0.25) is 24.6 Å². The van der Waals surface area contributed by atoms with E-state index in [0.29, 0.717) is 15.4 Å². The molecule has 0 unspecified atom stereocenters. The molecule has 1 amide bonds. The van der Waals surface area contributed by atoms with E-state index in [2.05, 4.69) is 10.2 Å². The van der Waals surface area contributed by atoms with Crippen molar-refractivity contribution in [1.29, 1.82) is 0 Å². The normalized spacial score (nSPS) is 16.5. The molecule has 1 aromatic carbocycles. The van der Waals surface area contributed by atoms with Crippen molar-refractivity contribution in [2.75, 3.05) is 4.90 Å². The second-order valence-electron chi connectivity index (χ2n) is 6.10. The fraction of sp³-hybridized carbons (Fsp3) is 0.111. The van der Waals surface area contributed by atoms with E-state index >= 15 is 0 Å².